The highest BCUT2D eigenvalue weighted by Gasteiger charge is 2.14. The van der Waals surface area contributed by atoms with E-state index in [9.17, 15) is 9.59 Å². The highest BCUT2D eigenvalue weighted by molar-refractivity contribution is 6.05. The van der Waals surface area contributed by atoms with E-state index in [0.29, 0.717) is 46.0 Å². The van der Waals surface area contributed by atoms with Crippen molar-refractivity contribution in [3.05, 3.63) is 82.3 Å². The number of hydrogen-bond donors (Lipinski definition) is 1. The number of hydrogen-bond acceptors (Lipinski definition) is 5. The molecule has 0 aliphatic carbocycles. The largest absolute Gasteiger partial charge is 0.495 e. The van der Waals surface area contributed by atoms with Gasteiger partial charge in [0.1, 0.15) is 17.0 Å². The van der Waals surface area contributed by atoms with E-state index >= 15 is 0 Å². The zero-order valence-corrected chi connectivity index (χ0v) is 17.5. The van der Waals surface area contributed by atoms with E-state index in [2.05, 4.69) is 15.3 Å². The van der Waals surface area contributed by atoms with Crippen LogP contribution in [0.2, 0.25) is 0 Å². The van der Waals surface area contributed by atoms with Gasteiger partial charge in [-0.3, -0.25) is 14.2 Å². The molecule has 0 bridgehead atoms. The predicted molar refractivity (Wildman–Crippen MR) is 121 cm³/mol. The number of nitrogens with one attached hydrogen (secondary N) is 1. The number of rotatable bonds is 5. The molecule has 7 heteroatoms. The SMILES string of the molecule is CCn1c(=O)c(-c2ccc(C(=O)Nc3cc(C)ccc3OC)cc2)nc2cccnc21. The van der Waals surface area contributed by atoms with Gasteiger partial charge in [-0.1, -0.05) is 18.2 Å². The fourth-order valence-electron chi connectivity index (χ4n) is 3.45. The highest BCUT2D eigenvalue weighted by Crippen LogP contribution is 2.26. The topological polar surface area (TPSA) is 86.1 Å². The third kappa shape index (κ3) is 3.90. The van der Waals surface area contributed by atoms with Crippen molar-refractivity contribution in [2.24, 2.45) is 0 Å². The van der Waals surface area contributed by atoms with Crippen molar-refractivity contribution in [1.29, 1.82) is 0 Å². The van der Waals surface area contributed by atoms with Crippen molar-refractivity contribution < 1.29 is 9.53 Å². The van der Waals surface area contributed by atoms with Crippen molar-refractivity contribution in [2.45, 2.75) is 20.4 Å². The Labute approximate surface area is 179 Å². The van der Waals surface area contributed by atoms with Crippen molar-refractivity contribution in [3.8, 4) is 17.0 Å². The van der Waals surface area contributed by atoms with Crippen LogP contribution in [0.1, 0.15) is 22.8 Å². The van der Waals surface area contributed by atoms with Crippen LogP contribution >= 0.6 is 0 Å². The second-order valence-corrected chi connectivity index (χ2v) is 7.09. The summed E-state index contributed by atoms with van der Waals surface area (Å²) in [5.41, 5.74) is 4.04. The van der Waals surface area contributed by atoms with Crippen LogP contribution < -0.4 is 15.6 Å². The number of nitrogens with zero attached hydrogens (tertiary/aromatic N) is 3. The Morgan fingerprint density at radius 2 is 1.90 bits per heavy atom. The molecular formula is C24H22N4O3. The maximum atomic E-state index is 12.9. The minimum Gasteiger partial charge on any atom is -0.495 e. The standard InChI is InChI=1S/C24H22N4O3/c1-4-28-22-18(6-5-13-25-22)26-21(24(28)30)16-8-10-17(11-9-16)23(29)27-19-14-15(2)7-12-20(19)31-3/h5-14H,4H2,1-3H3,(H,27,29). The zero-order valence-electron chi connectivity index (χ0n) is 17.5. The van der Waals surface area contributed by atoms with Crippen LogP contribution in [0.4, 0.5) is 5.69 Å². The fraction of sp³-hybridized carbons (Fsp3) is 0.167. The fourth-order valence-corrected chi connectivity index (χ4v) is 3.45. The number of fused-ring (bicyclic) bond motifs is 1. The van der Waals surface area contributed by atoms with Crippen molar-refractivity contribution in [1.82, 2.24) is 14.5 Å². The summed E-state index contributed by atoms with van der Waals surface area (Å²) < 4.78 is 6.92. The molecule has 2 aromatic heterocycles. The number of amides is 1. The summed E-state index contributed by atoms with van der Waals surface area (Å²) in [5.74, 6) is 0.321. The molecule has 0 radical (unpaired) electrons. The van der Waals surface area contributed by atoms with Crippen LogP contribution in [0, 0.1) is 6.92 Å². The van der Waals surface area contributed by atoms with Crippen molar-refractivity contribution in [3.63, 3.8) is 0 Å². The third-order valence-corrected chi connectivity index (χ3v) is 5.04. The van der Waals surface area contributed by atoms with Crippen LogP contribution in [-0.2, 0) is 6.54 Å². The molecule has 0 atom stereocenters. The van der Waals surface area contributed by atoms with E-state index in [1.165, 1.54) is 0 Å². The molecule has 0 fully saturated rings. The molecule has 4 aromatic rings. The highest BCUT2D eigenvalue weighted by atomic mass is 16.5. The number of aryl methyl sites for hydroxylation is 2. The van der Waals surface area contributed by atoms with E-state index in [1.54, 1.807) is 48.2 Å². The first-order valence-corrected chi connectivity index (χ1v) is 9.93. The number of benzene rings is 2. The number of carbonyl (C=O) groups excluding carboxylic acids is 1. The lowest BCUT2D eigenvalue weighted by Gasteiger charge is -2.12. The van der Waals surface area contributed by atoms with Crippen LogP contribution in [0.3, 0.4) is 0 Å². The van der Waals surface area contributed by atoms with Gasteiger partial charge in [0.15, 0.2) is 5.65 Å². The summed E-state index contributed by atoms with van der Waals surface area (Å²) >= 11 is 0. The lowest BCUT2D eigenvalue weighted by Crippen LogP contribution is -2.23. The minimum atomic E-state index is -0.267. The van der Waals surface area contributed by atoms with Gasteiger partial charge in [-0.2, -0.15) is 0 Å². The summed E-state index contributed by atoms with van der Waals surface area (Å²) in [6, 6.07) is 16.0. The Morgan fingerprint density at radius 3 is 2.61 bits per heavy atom. The molecule has 1 N–H and O–H groups in total. The average molecular weight is 414 g/mol. The molecule has 0 saturated carbocycles. The summed E-state index contributed by atoms with van der Waals surface area (Å²) in [7, 11) is 1.56. The van der Waals surface area contributed by atoms with Crippen LogP contribution in [-0.4, -0.2) is 27.6 Å². The van der Waals surface area contributed by atoms with Gasteiger partial charge in [0.05, 0.1) is 12.8 Å². The Hall–Kier alpha value is -4.00. The lowest BCUT2D eigenvalue weighted by molar-refractivity contribution is 0.102. The Bertz CT molecular complexity index is 1330. The second kappa shape index (κ2) is 8.39. The normalized spacial score (nSPS) is 10.8. The average Bonchev–Trinajstić information content (AvgIpc) is 2.79. The van der Waals surface area contributed by atoms with Gasteiger partial charge in [-0.15, -0.1) is 0 Å². The molecule has 0 saturated heterocycles. The van der Waals surface area contributed by atoms with Crippen LogP contribution in [0.15, 0.2) is 65.6 Å². The molecule has 0 spiro atoms. The first kappa shape index (κ1) is 20.3. The van der Waals surface area contributed by atoms with Gasteiger partial charge in [0, 0.05) is 23.9 Å². The maximum absolute atomic E-state index is 12.9. The first-order valence-electron chi connectivity index (χ1n) is 9.93. The van der Waals surface area contributed by atoms with Gasteiger partial charge in [0.2, 0.25) is 0 Å². The molecule has 156 valence electrons. The Kier molecular flexibility index (Phi) is 5.49. The summed E-state index contributed by atoms with van der Waals surface area (Å²) in [6.07, 6.45) is 1.64. The van der Waals surface area contributed by atoms with Crippen LogP contribution in [0.25, 0.3) is 22.4 Å². The minimum absolute atomic E-state index is 0.213. The molecule has 31 heavy (non-hydrogen) atoms. The van der Waals surface area contributed by atoms with E-state index in [4.69, 9.17) is 4.74 Å². The molecule has 0 aliphatic rings. The van der Waals surface area contributed by atoms with E-state index < -0.39 is 0 Å². The number of ether oxygens (including phenoxy) is 1. The van der Waals surface area contributed by atoms with Gasteiger partial charge < -0.3 is 10.1 Å². The molecule has 1 amide bonds. The second-order valence-electron chi connectivity index (χ2n) is 7.09. The summed E-state index contributed by atoms with van der Waals surface area (Å²) in [5, 5.41) is 2.88. The molecule has 0 aliphatic heterocycles. The molecule has 2 aromatic carbocycles. The Balaban J connectivity index is 1.66. The third-order valence-electron chi connectivity index (χ3n) is 5.04. The number of carbonyl (C=O) groups is 1. The molecule has 7 nitrogen and oxygen atoms in total. The quantitative estimate of drug-likeness (QED) is 0.532. The molecule has 4 rings (SSSR count). The number of methoxy groups -OCH3 is 1. The van der Waals surface area contributed by atoms with Gasteiger partial charge >= 0.3 is 0 Å². The van der Waals surface area contributed by atoms with E-state index in [-0.39, 0.29) is 11.5 Å². The van der Waals surface area contributed by atoms with E-state index in [0.717, 1.165) is 5.56 Å². The predicted octanol–water partition coefficient (Wildman–Crippen LogP) is 4.05. The number of pyridine rings is 1. The monoisotopic (exact) mass is 414 g/mol. The Morgan fingerprint density at radius 1 is 1.13 bits per heavy atom. The van der Waals surface area contributed by atoms with Crippen molar-refractivity contribution >= 4 is 22.8 Å². The summed E-state index contributed by atoms with van der Waals surface area (Å²) in [6.45, 7) is 4.33. The number of aromatic nitrogens is 3. The first-order chi connectivity index (χ1) is 15.0. The summed E-state index contributed by atoms with van der Waals surface area (Å²) in [4.78, 5) is 34.5. The number of anilines is 1. The van der Waals surface area contributed by atoms with Gasteiger partial charge in [0.25, 0.3) is 11.5 Å². The lowest BCUT2D eigenvalue weighted by atomic mass is 10.1. The van der Waals surface area contributed by atoms with E-state index in [1.807, 2.05) is 38.1 Å². The molecule has 2 heterocycles. The maximum Gasteiger partial charge on any atom is 0.278 e. The smallest absolute Gasteiger partial charge is 0.278 e. The van der Waals surface area contributed by atoms with Crippen LogP contribution in [0.5, 0.6) is 5.75 Å². The zero-order chi connectivity index (χ0) is 22.0. The van der Waals surface area contributed by atoms with Gasteiger partial charge in [-0.05, 0) is 55.8 Å². The van der Waals surface area contributed by atoms with Gasteiger partial charge in [-0.25, -0.2) is 9.97 Å². The van der Waals surface area contributed by atoms with Crippen molar-refractivity contribution in [2.75, 3.05) is 12.4 Å². The molecular weight excluding hydrogens is 392 g/mol. The molecule has 0 unspecified atom stereocenters.